The summed E-state index contributed by atoms with van der Waals surface area (Å²) in [6.45, 7) is 2.40. The van der Waals surface area contributed by atoms with Crippen molar-refractivity contribution in [3.63, 3.8) is 0 Å². The van der Waals surface area contributed by atoms with Crippen LogP contribution in [0.1, 0.15) is 17.5 Å². The van der Waals surface area contributed by atoms with Gasteiger partial charge in [-0.25, -0.2) is 4.79 Å². The fourth-order valence-corrected chi connectivity index (χ4v) is 1.76. The smallest absolute Gasteiger partial charge is 0.328 e. The maximum atomic E-state index is 11.7. The summed E-state index contributed by atoms with van der Waals surface area (Å²) in [5.74, 6) is -0.472. The number of carbonyl (C=O) groups excluding carboxylic acids is 2. The molecule has 0 spiro atoms. The van der Waals surface area contributed by atoms with Gasteiger partial charge in [0.15, 0.2) is 0 Å². The summed E-state index contributed by atoms with van der Waals surface area (Å²) < 4.78 is 4.78. The third-order valence-electron chi connectivity index (χ3n) is 2.76. The molecule has 1 atom stereocenters. The van der Waals surface area contributed by atoms with Crippen LogP contribution < -0.4 is 5.32 Å². The molecule has 1 amide bonds. The largest absolute Gasteiger partial charge is 0.464 e. The van der Waals surface area contributed by atoms with Crippen molar-refractivity contribution in [2.75, 3.05) is 6.61 Å². The zero-order chi connectivity index (χ0) is 12.3. The standard InChI is InChI=1S/C13H15NO3/c1-9-2-4-10(5-3-9)8-12(15)14-11-6-7-17-13(11)16/h2-5,11H,6-8H2,1H3,(H,14,15)/t11-/m0/s1. The molecule has 1 fully saturated rings. The summed E-state index contributed by atoms with van der Waals surface area (Å²) in [5, 5.41) is 2.68. The number of benzene rings is 1. The Morgan fingerprint density at radius 3 is 2.71 bits per heavy atom. The number of rotatable bonds is 3. The molecule has 0 bridgehead atoms. The number of cyclic esters (lactones) is 1. The molecular formula is C13H15NO3. The molecule has 1 N–H and O–H groups in total. The first-order valence-electron chi connectivity index (χ1n) is 5.67. The molecule has 1 heterocycles. The summed E-state index contributed by atoms with van der Waals surface area (Å²) in [6.07, 6.45) is 0.864. The number of carbonyl (C=O) groups is 2. The molecule has 0 aromatic heterocycles. The van der Waals surface area contributed by atoms with E-state index in [9.17, 15) is 9.59 Å². The lowest BCUT2D eigenvalue weighted by Gasteiger charge is -2.08. The first kappa shape index (κ1) is 11.6. The average Bonchev–Trinajstić information content (AvgIpc) is 2.68. The Morgan fingerprint density at radius 1 is 1.41 bits per heavy atom. The summed E-state index contributed by atoms with van der Waals surface area (Å²) in [5.41, 5.74) is 2.10. The molecule has 0 radical (unpaired) electrons. The van der Waals surface area contributed by atoms with Crippen LogP contribution in [-0.2, 0) is 20.7 Å². The van der Waals surface area contributed by atoms with Crippen molar-refractivity contribution in [2.45, 2.75) is 25.8 Å². The lowest BCUT2D eigenvalue weighted by atomic mass is 10.1. The number of hydrogen-bond acceptors (Lipinski definition) is 3. The monoisotopic (exact) mass is 233 g/mol. The molecule has 0 unspecified atom stereocenters. The number of hydrogen-bond donors (Lipinski definition) is 1. The van der Waals surface area contributed by atoms with Gasteiger partial charge in [0.2, 0.25) is 5.91 Å². The molecule has 17 heavy (non-hydrogen) atoms. The Bertz CT molecular complexity index is 425. The number of aryl methyl sites for hydroxylation is 1. The predicted molar refractivity (Wildman–Crippen MR) is 62.4 cm³/mol. The maximum absolute atomic E-state index is 11.7. The molecule has 1 aliphatic heterocycles. The van der Waals surface area contributed by atoms with Crippen molar-refractivity contribution >= 4 is 11.9 Å². The Hall–Kier alpha value is -1.84. The highest BCUT2D eigenvalue weighted by atomic mass is 16.5. The van der Waals surface area contributed by atoms with E-state index in [1.807, 2.05) is 31.2 Å². The van der Waals surface area contributed by atoms with Crippen LogP contribution >= 0.6 is 0 Å². The van der Waals surface area contributed by atoms with Crippen LogP contribution in [0.25, 0.3) is 0 Å². The van der Waals surface area contributed by atoms with E-state index in [0.717, 1.165) is 11.1 Å². The molecule has 1 aromatic carbocycles. The van der Waals surface area contributed by atoms with Gasteiger partial charge in [0.25, 0.3) is 0 Å². The van der Waals surface area contributed by atoms with Crippen molar-refractivity contribution in [1.29, 1.82) is 0 Å². The van der Waals surface area contributed by atoms with Crippen LogP contribution in [0.15, 0.2) is 24.3 Å². The van der Waals surface area contributed by atoms with Crippen LogP contribution in [0.5, 0.6) is 0 Å². The summed E-state index contributed by atoms with van der Waals surface area (Å²) >= 11 is 0. The van der Waals surface area contributed by atoms with Gasteiger partial charge in [0.05, 0.1) is 13.0 Å². The van der Waals surface area contributed by atoms with E-state index in [4.69, 9.17) is 4.74 Å². The van der Waals surface area contributed by atoms with Gasteiger partial charge in [-0.2, -0.15) is 0 Å². The molecule has 2 rings (SSSR count). The Morgan fingerprint density at radius 2 is 2.12 bits per heavy atom. The van der Waals surface area contributed by atoms with Gasteiger partial charge < -0.3 is 10.1 Å². The zero-order valence-corrected chi connectivity index (χ0v) is 9.73. The quantitative estimate of drug-likeness (QED) is 0.791. The fourth-order valence-electron chi connectivity index (χ4n) is 1.76. The van der Waals surface area contributed by atoms with E-state index in [2.05, 4.69) is 5.32 Å². The molecule has 4 nitrogen and oxygen atoms in total. The number of esters is 1. The average molecular weight is 233 g/mol. The topological polar surface area (TPSA) is 55.4 Å². The van der Waals surface area contributed by atoms with Gasteiger partial charge in [-0.05, 0) is 12.5 Å². The minimum atomic E-state index is -0.465. The van der Waals surface area contributed by atoms with Crippen LogP contribution in [0.4, 0.5) is 0 Å². The van der Waals surface area contributed by atoms with Crippen LogP contribution in [0.3, 0.4) is 0 Å². The van der Waals surface area contributed by atoms with Crippen molar-refractivity contribution in [3.05, 3.63) is 35.4 Å². The first-order chi connectivity index (χ1) is 8.15. The summed E-state index contributed by atoms with van der Waals surface area (Å²) in [4.78, 5) is 22.8. The molecule has 1 aliphatic rings. The highest BCUT2D eigenvalue weighted by molar-refractivity contribution is 5.86. The summed E-state index contributed by atoms with van der Waals surface area (Å²) in [6, 6.07) is 7.30. The van der Waals surface area contributed by atoms with Gasteiger partial charge >= 0.3 is 5.97 Å². The molecule has 0 aliphatic carbocycles. The van der Waals surface area contributed by atoms with E-state index in [-0.39, 0.29) is 11.9 Å². The van der Waals surface area contributed by atoms with Crippen LogP contribution in [0, 0.1) is 6.92 Å². The van der Waals surface area contributed by atoms with E-state index in [0.29, 0.717) is 19.4 Å². The van der Waals surface area contributed by atoms with Crippen molar-refractivity contribution in [2.24, 2.45) is 0 Å². The normalized spacial score (nSPS) is 18.9. The van der Waals surface area contributed by atoms with Crippen LogP contribution in [-0.4, -0.2) is 24.5 Å². The van der Waals surface area contributed by atoms with Gasteiger partial charge in [-0.1, -0.05) is 29.8 Å². The van der Waals surface area contributed by atoms with Gasteiger partial charge in [0, 0.05) is 6.42 Å². The lowest BCUT2D eigenvalue weighted by molar-refractivity contribution is -0.141. The van der Waals surface area contributed by atoms with E-state index in [1.54, 1.807) is 0 Å². The number of ether oxygens (including phenoxy) is 1. The maximum Gasteiger partial charge on any atom is 0.328 e. The molecular weight excluding hydrogens is 218 g/mol. The molecule has 1 saturated heterocycles. The molecule has 1 aromatic rings. The van der Waals surface area contributed by atoms with Crippen molar-refractivity contribution in [1.82, 2.24) is 5.32 Å². The van der Waals surface area contributed by atoms with Crippen molar-refractivity contribution in [3.8, 4) is 0 Å². The Kier molecular flexibility index (Phi) is 3.42. The van der Waals surface area contributed by atoms with Crippen molar-refractivity contribution < 1.29 is 14.3 Å². The lowest BCUT2D eigenvalue weighted by Crippen LogP contribution is -2.38. The van der Waals surface area contributed by atoms with E-state index < -0.39 is 6.04 Å². The fraction of sp³-hybridized carbons (Fsp3) is 0.385. The van der Waals surface area contributed by atoms with Gasteiger partial charge in [-0.15, -0.1) is 0 Å². The third kappa shape index (κ3) is 3.06. The Balaban J connectivity index is 1.88. The molecule has 4 heteroatoms. The van der Waals surface area contributed by atoms with E-state index >= 15 is 0 Å². The van der Waals surface area contributed by atoms with Gasteiger partial charge in [0.1, 0.15) is 6.04 Å². The first-order valence-corrected chi connectivity index (χ1v) is 5.67. The minimum absolute atomic E-state index is 0.141. The SMILES string of the molecule is Cc1ccc(CC(=O)N[C@H]2CCOC2=O)cc1. The second-order valence-electron chi connectivity index (χ2n) is 4.24. The molecule has 90 valence electrons. The van der Waals surface area contributed by atoms with Gasteiger partial charge in [-0.3, -0.25) is 4.79 Å². The van der Waals surface area contributed by atoms with E-state index in [1.165, 1.54) is 0 Å². The number of nitrogens with one attached hydrogen (secondary N) is 1. The Labute approximate surface area is 100.0 Å². The predicted octanol–water partition coefficient (Wildman–Crippen LogP) is 0.969. The zero-order valence-electron chi connectivity index (χ0n) is 9.73. The highest BCUT2D eigenvalue weighted by Crippen LogP contribution is 2.07. The second kappa shape index (κ2) is 4.99. The second-order valence-corrected chi connectivity index (χ2v) is 4.24. The molecule has 0 saturated carbocycles. The minimum Gasteiger partial charge on any atom is -0.464 e. The highest BCUT2D eigenvalue weighted by Gasteiger charge is 2.27. The van der Waals surface area contributed by atoms with Crippen LogP contribution in [0.2, 0.25) is 0 Å². The summed E-state index contributed by atoms with van der Waals surface area (Å²) in [7, 11) is 0. The third-order valence-corrected chi connectivity index (χ3v) is 2.76. The number of amides is 1.